The highest BCUT2D eigenvalue weighted by molar-refractivity contribution is 9.10. The monoisotopic (exact) mass is 301 g/mol. The lowest BCUT2D eigenvalue weighted by Crippen LogP contribution is -2.29. The fourth-order valence-electron chi connectivity index (χ4n) is 1.88. The number of amides is 1. The number of hydroxylamine groups is 1. The zero-order valence-corrected chi connectivity index (χ0v) is 10.8. The summed E-state index contributed by atoms with van der Waals surface area (Å²) in [6, 6.07) is 4.58. The van der Waals surface area contributed by atoms with Gasteiger partial charge in [0.1, 0.15) is 5.82 Å². The zero-order chi connectivity index (χ0) is 12.3. The van der Waals surface area contributed by atoms with Crippen molar-refractivity contribution in [1.82, 2.24) is 5.48 Å². The van der Waals surface area contributed by atoms with Crippen LogP contribution < -0.4 is 5.48 Å². The average molecular weight is 302 g/mol. The van der Waals surface area contributed by atoms with E-state index in [1.165, 1.54) is 6.07 Å². The summed E-state index contributed by atoms with van der Waals surface area (Å²) >= 11 is 3.04. The third kappa shape index (κ3) is 3.04. The van der Waals surface area contributed by atoms with Crippen LogP contribution in [0.3, 0.4) is 0 Å². The summed E-state index contributed by atoms with van der Waals surface area (Å²) < 4.78 is 13.9. The van der Waals surface area contributed by atoms with Crippen molar-refractivity contribution in [2.24, 2.45) is 0 Å². The number of hydrogen-bond donors (Lipinski definition) is 1. The minimum absolute atomic E-state index is 0.0163. The van der Waals surface area contributed by atoms with Gasteiger partial charge in [0.2, 0.25) is 0 Å². The van der Waals surface area contributed by atoms with Crippen molar-refractivity contribution in [2.75, 3.05) is 0 Å². The molecule has 17 heavy (non-hydrogen) atoms. The average Bonchev–Trinajstić information content (AvgIpc) is 2.82. The Morgan fingerprint density at radius 1 is 1.41 bits per heavy atom. The maximum absolute atomic E-state index is 13.6. The lowest BCUT2D eigenvalue weighted by atomic mass is 10.2. The second-order valence-electron chi connectivity index (χ2n) is 4.06. The first-order chi connectivity index (χ1) is 8.18. The van der Waals surface area contributed by atoms with Gasteiger partial charge < -0.3 is 0 Å². The van der Waals surface area contributed by atoms with Gasteiger partial charge in [-0.3, -0.25) is 9.63 Å². The molecule has 1 fully saturated rings. The quantitative estimate of drug-likeness (QED) is 0.871. The Morgan fingerprint density at radius 3 is 2.82 bits per heavy atom. The van der Waals surface area contributed by atoms with E-state index in [9.17, 15) is 9.18 Å². The summed E-state index contributed by atoms with van der Waals surface area (Å²) in [5, 5.41) is 0. The Labute approximate surface area is 107 Å². The van der Waals surface area contributed by atoms with Crippen LogP contribution in [0.2, 0.25) is 0 Å². The minimum Gasteiger partial charge on any atom is -0.270 e. The second-order valence-corrected chi connectivity index (χ2v) is 4.91. The lowest BCUT2D eigenvalue weighted by molar-refractivity contribution is -0.0127. The SMILES string of the molecule is O=C(NOC1CCCC1)c1cccc(Br)c1F. The van der Waals surface area contributed by atoms with Gasteiger partial charge in [0.05, 0.1) is 16.1 Å². The van der Waals surface area contributed by atoms with Crippen molar-refractivity contribution in [3.63, 3.8) is 0 Å². The van der Waals surface area contributed by atoms with E-state index in [2.05, 4.69) is 21.4 Å². The standard InChI is InChI=1S/C12H13BrFNO2/c13-10-7-3-6-9(11(10)14)12(16)15-17-8-4-1-2-5-8/h3,6-8H,1-2,4-5H2,(H,15,16). The van der Waals surface area contributed by atoms with E-state index in [4.69, 9.17) is 4.84 Å². The summed E-state index contributed by atoms with van der Waals surface area (Å²) in [6.45, 7) is 0. The Hall–Kier alpha value is -0.940. The summed E-state index contributed by atoms with van der Waals surface area (Å²) in [5.74, 6) is -1.12. The molecule has 92 valence electrons. The van der Waals surface area contributed by atoms with E-state index in [1.54, 1.807) is 12.1 Å². The maximum atomic E-state index is 13.6. The van der Waals surface area contributed by atoms with Crippen molar-refractivity contribution in [1.29, 1.82) is 0 Å². The molecule has 0 saturated heterocycles. The van der Waals surface area contributed by atoms with Crippen LogP contribution in [0.25, 0.3) is 0 Å². The molecule has 0 bridgehead atoms. The first-order valence-electron chi connectivity index (χ1n) is 5.58. The first-order valence-corrected chi connectivity index (χ1v) is 6.38. The normalized spacial score (nSPS) is 16.1. The van der Waals surface area contributed by atoms with Crippen LogP contribution in [0.15, 0.2) is 22.7 Å². The number of rotatable bonds is 3. The molecule has 0 aromatic heterocycles. The third-order valence-corrected chi connectivity index (χ3v) is 3.43. The van der Waals surface area contributed by atoms with E-state index >= 15 is 0 Å². The molecule has 3 nitrogen and oxygen atoms in total. The molecule has 1 aromatic carbocycles. The third-order valence-electron chi connectivity index (χ3n) is 2.82. The van der Waals surface area contributed by atoms with E-state index in [0.717, 1.165) is 25.7 Å². The molecule has 1 aliphatic carbocycles. The van der Waals surface area contributed by atoms with Crippen LogP contribution in [0.1, 0.15) is 36.0 Å². The van der Waals surface area contributed by atoms with E-state index in [-0.39, 0.29) is 16.1 Å². The molecule has 0 spiro atoms. The van der Waals surface area contributed by atoms with Gasteiger partial charge in [-0.05, 0) is 40.9 Å². The van der Waals surface area contributed by atoms with E-state index < -0.39 is 11.7 Å². The Bertz CT molecular complexity index is 419. The molecular weight excluding hydrogens is 289 g/mol. The molecule has 0 radical (unpaired) electrons. The zero-order valence-electron chi connectivity index (χ0n) is 9.21. The summed E-state index contributed by atoms with van der Waals surface area (Å²) in [4.78, 5) is 16.9. The van der Waals surface area contributed by atoms with Gasteiger partial charge in [-0.2, -0.15) is 0 Å². The smallest absolute Gasteiger partial charge is 0.270 e. The van der Waals surface area contributed by atoms with Crippen LogP contribution in [0.4, 0.5) is 4.39 Å². The van der Waals surface area contributed by atoms with Gasteiger partial charge in [0, 0.05) is 0 Å². The predicted octanol–water partition coefficient (Wildman–Crippen LogP) is 3.19. The van der Waals surface area contributed by atoms with Gasteiger partial charge in [-0.15, -0.1) is 0 Å². The van der Waals surface area contributed by atoms with Gasteiger partial charge in [-0.1, -0.05) is 18.9 Å². The highest BCUT2D eigenvalue weighted by Crippen LogP contribution is 2.21. The maximum Gasteiger partial charge on any atom is 0.277 e. The predicted molar refractivity (Wildman–Crippen MR) is 64.9 cm³/mol. The molecule has 2 rings (SSSR count). The highest BCUT2D eigenvalue weighted by Gasteiger charge is 2.19. The topological polar surface area (TPSA) is 38.3 Å². The fourth-order valence-corrected chi connectivity index (χ4v) is 2.24. The van der Waals surface area contributed by atoms with Crippen molar-refractivity contribution in [2.45, 2.75) is 31.8 Å². The van der Waals surface area contributed by atoms with Crippen LogP contribution in [-0.2, 0) is 4.84 Å². The van der Waals surface area contributed by atoms with Crippen LogP contribution >= 0.6 is 15.9 Å². The number of benzene rings is 1. The molecular formula is C12H13BrFNO2. The largest absolute Gasteiger partial charge is 0.277 e. The van der Waals surface area contributed by atoms with Crippen LogP contribution in [0.5, 0.6) is 0 Å². The number of hydrogen-bond acceptors (Lipinski definition) is 2. The molecule has 1 amide bonds. The number of carbonyl (C=O) groups excluding carboxylic acids is 1. The summed E-state index contributed by atoms with van der Waals surface area (Å²) in [6.07, 6.45) is 4.19. The number of carbonyl (C=O) groups is 1. The molecule has 5 heteroatoms. The van der Waals surface area contributed by atoms with Gasteiger partial charge in [0.15, 0.2) is 0 Å². The van der Waals surface area contributed by atoms with Crippen molar-refractivity contribution in [3.05, 3.63) is 34.1 Å². The van der Waals surface area contributed by atoms with Gasteiger partial charge >= 0.3 is 0 Å². The van der Waals surface area contributed by atoms with Crippen LogP contribution in [0, 0.1) is 5.82 Å². The highest BCUT2D eigenvalue weighted by atomic mass is 79.9. The Balaban J connectivity index is 1.97. The number of halogens is 2. The molecule has 1 aromatic rings. The van der Waals surface area contributed by atoms with E-state index in [0.29, 0.717) is 0 Å². The van der Waals surface area contributed by atoms with Crippen molar-refractivity contribution >= 4 is 21.8 Å². The van der Waals surface area contributed by atoms with Crippen LogP contribution in [-0.4, -0.2) is 12.0 Å². The van der Waals surface area contributed by atoms with Gasteiger partial charge in [-0.25, -0.2) is 9.87 Å². The molecule has 1 saturated carbocycles. The van der Waals surface area contributed by atoms with Crippen molar-refractivity contribution < 1.29 is 14.0 Å². The molecule has 1 N–H and O–H groups in total. The number of nitrogens with one attached hydrogen (secondary N) is 1. The molecule has 1 aliphatic rings. The summed E-state index contributed by atoms with van der Waals surface area (Å²) in [7, 11) is 0. The first kappa shape index (κ1) is 12.5. The Morgan fingerprint density at radius 2 is 2.12 bits per heavy atom. The lowest BCUT2D eigenvalue weighted by Gasteiger charge is -2.11. The van der Waals surface area contributed by atoms with E-state index in [1.807, 2.05) is 0 Å². The van der Waals surface area contributed by atoms with Crippen molar-refractivity contribution in [3.8, 4) is 0 Å². The fraction of sp³-hybridized carbons (Fsp3) is 0.417. The summed E-state index contributed by atoms with van der Waals surface area (Å²) in [5.41, 5.74) is 2.29. The Kier molecular flexibility index (Phi) is 4.12. The molecule has 0 aliphatic heterocycles. The minimum atomic E-state index is -0.569. The van der Waals surface area contributed by atoms with Gasteiger partial charge in [0.25, 0.3) is 5.91 Å². The molecule has 0 atom stereocenters. The molecule has 0 unspecified atom stereocenters. The molecule has 0 heterocycles. The second kappa shape index (κ2) is 5.60.